The third-order valence-electron chi connectivity index (χ3n) is 4.77. The molecule has 0 aliphatic carbocycles. The van der Waals surface area contributed by atoms with Crippen molar-refractivity contribution in [1.82, 2.24) is 0 Å². The highest BCUT2D eigenvalue weighted by Crippen LogP contribution is 2.35. The zero-order chi connectivity index (χ0) is 17.8. The monoisotopic (exact) mass is 333 g/mol. The summed E-state index contributed by atoms with van der Waals surface area (Å²) < 4.78 is 6.01. The van der Waals surface area contributed by atoms with E-state index in [4.69, 9.17) is 4.74 Å². The van der Waals surface area contributed by atoms with Crippen LogP contribution in [0.25, 0.3) is 0 Å². The lowest BCUT2D eigenvalue weighted by molar-refractivity contribution is 0.310. The molecule has 1 rings (SSSR count). The summed E-state index contributed by atoms with van der Waals surface area (Å²) in [5.41, 5.74) is 2.80. The zero-order valence-electron chi connectivity index (χ0n) is 16.7. The fourth-order valence-electron chi connectivity index (χ4n) is 2.90. The number of unbranched alkanes of at least 4 members (excludes halogenated alkanes) is 4. The van der Waals surface area contributed by atoms with Gasteiger partial charge in [-0.2, -0.15) is 0 Å². The van der Waals surface area contributed by atoms with Gasteiger partial charge in [-0.1, -0.05) is 72.8 Å². The van der Waals surface area contributed by atoms with Gasteiger partial charge >= 0.3 is 0 Å². The van der Waals surface area contributed by atoms with Crippen LogP contribution in [0.5, 0.6) is 5.75 Å². The fourth-order valence-corrected chi connectivity index (χ4v) is 2.90. The van der Waals surface area contributed by atoms with Crippen LogP contribution in [0.4, 0.5) is 5.69 Å². The molecule has 0 spiro atoms. The minimum atomic E-state index is 0.221. The number of nitrogens with one attached hydrogen (secondary N) is 1. The zero-order valence-corrected chi connectivity index (χ0v) is 16.7. The maximum absolute atomic E-state index is 6.01. The van der Waals surface area contributed by atoms with Gasteiger partial charge in [0.15, 0.2) is 0 Å². The molecule has 2 nitrogen and oxygen atoms in total. The van der Waals surface area contributed by atoms with Crippen LogP contribution >= 0.6 is 0 Å². The van der Waals surface area contributed by atoms with Gasteiger partial charge in [-0.25, -0.2) is 0 Å². The molecular formula is C22H39NO. The van der Waals surface area contributed by atoms with Crippen molar-refractivity contribution in [3.05, 3.63) is 23.8 Å². The summed E-state index contributed by atoms with van der Waals surface area (Å²) in [4.78, 5) is 0. The van der Waals surface area contributed by atoms with Gasteiger partial charge in [0, 0.05) is 6.54 Å². The van der Waals surface area contributed by atoms with E-state index in [2.05, 4.69) is 58.1 Å². The number of ether oxygens (including phenoxy) is 1. The topological polar surface area (TPSA) is 21.3 Å². The summed E-state index contributed by atoms with van der Waals surface area (Å²) in [5.74, 6) is 1.01. The molecule has 0 aromatic heterocycles. The lowest BCUT2D eigenvalue weighted by atomic mass is 9.80. The first-order valence-electron chi connectivity index (χ1n) is 10.1. The second-order valence-corrected chi connectivity index (χ2v) is 7.53. The SMILES string of the molecule is CCCCCC(C)(C)c1ccc(OCCCC)c(NCCCC)c1. The normalized spacial score (nSPS) is 11.5. The molecule has 0 fully saturated rings. The molecule has 1 aromatic rings. The molecule has 0 saturated heterocycles. The van der Waals surface area contributed by atoms with Crippen LogP contribution in [0.15, 0.2) is 18.2 Å². The Bertz CT molecular complexity index is 453. The molecule has 0 saturated carbocycles. The highest BCUT2D eigenvalue weighted by molar-refractivity contribution is 5.59. The number of rotatable bonds is 13. The molecule has 24 heavy (non-hydrogen) atoms. The Balaban J connectivity index is 2.87. The van der Waals surface area contributed by atoms with Crippen LogP contribution < -0.4 is 10.1 Å². The van der Waals surface area contributed by atoms with Crippen molar-refractivity contribution in [3.63, 3.8) is 0 Å². The van der Waals surface area contributed by atoms with Crippen molar-refractivity contribution in [3.8, 4) is 5.75 Å². The fraction of sp³-hybridized carbons (Fsp3) is 0.727. The molecule has 2 heteroatoms. The van der Waals surface area contributed by atoms with Crippen molar-refractivity contribution >= 4 is 5.69 Å². The van der Waals surface area contributed by atoms with E-state index in [1.807, 2.05) is 0 Å². The Hall–Kier alpha value is -1.18. The minimum Gasteiger partial charge on any atom is -0.491 e. The maximum Gasteiger partial charge on any atom is 0.142 e. The Kier molecular flexibility index (Phi) is 9.90. The lowest BCUT2D eigenvalue weighted by Crippen LogP contribution is -2.17. The second kappa shape index (κ2) is 11.4. The van der Waals surface area contributed by atoms with Crippen LogP contribution in [-0.2, 0) is 5.41 Å². The first kappa shape index (κ1) is 20.9. The van der Waals surface area contributed by atoms with E-state index in [9.17, 15) is 0 Å². The van der Waals surface area contributed by atoms with E-state index in [-0.39, 0.29) is 5.41 Å². The van der Waals surface area contributed by atoms with Crippen LogP contribution in [0.2, 0.25) is 0 Å². The van der Waals surface area contributed by atoms with Gasteiger partial charge in [-0.15, -0.1) is 0 Å². The summed E-state index contributed by atoms with van der Waals surface area (Å²) in [6.45, 7) is 13.2. The molecule has 0 aliphatic heterocycles. The highest BCUT2D eigenvalue weighted by Gasteiger charge is 2.21. The Morgan fingerprint density at radius 3 is 2.29 bits per heavy atom. The average Bonchev–Trinajstić information content (AvgIpc) is 2.56. The smallest absolute Gasteiger partial charge is 0.142 e. The predicted octanol–water partition coefficient (Wildman–Crippen LogP) is 6.94. The molecule has 138 valence electrons. The van der Waals surface area contributed by atoms with Gasteiger partial charge < -0.3 is 10.1 Å². The van der Waals surface area contributed by atoms with E-state index in [0.717, 1.165) is 25.3 Å². The first-order chi connectivity index (χ1) is 11.5. The summed E-state index contributed by atoms with van der Waals surface area (Å²) >= 11 is 0. The molecule has 1 N–H and O–H groups in total. The molecular weight excluding hydrogens is 294 g/mol. The Morgan fingerprint density at radius 2 is 1.62 bits per heavy atom. The van der Waals surface area contributed by atoms with Crippen molar-refractivity contribution in [2.45, 2.75) is 91.4 Å². The van der Waals surface area contributed by atoms with E-state index in [0.29, 0.717) is 0 Å². The number of hydrogen-bond acceptors (Lipinski definition) is 2. The van der Waals surface area contributed by atoms with Gasteiger partial charge in [0.2, 0.25) is 0 Å². The average molecular weight is 334 g/mol. The van der Waals surface area contributed by atoms with Crippen LogP contribution in [0.3, 0.4) is 0 Å². The van der Waals surface area contributed by atoms with Crippen molar-refractivity contribution < 1.29 is 4.74 Å². The van der Waals surface area contributed by atoms with Crippen molar-refractivity contribution in [2.75, 3.05) is 18.5 Å². The van der Waals surface area contributed by atoms with Crippen molar-refractivity contribution in [2.24, 2.45) is 0 Å². The van der Waals surface area contributed by atoms with Gasteiger partial charge in [-0.3, -0.25) is 0 Å². The summed E-state index contributed by atoms with van der Waals surface area (Å²) in [6.07, 6.45) is 9.83. The van der Waals surface area contributed by atoms with E-state index in [1.165, 1.54) is 56.2 Å². The largest absolute Gasteiger partial charge is 0.491 e. The Labute approximate surface area is 150 Å². The second-order valence-electron chi connectivity index (χ2n) is 7.53. The van der Waals surface area contributed by atoms with E-state index in [1.54, 1.807) is 0 Å². The lowest BCUT2D eigenvalue weighted by Gasteiger charge is -2.27. The third kappa shape index (κ3) is 7.15. The van der Waals surface area contributed by atoms with Gasteiger partial charge in [0.25, 0.3) is 0 Å². The number of anilines is 1. The van der Waals surface area contributed by atoms with E-state index < -0.39 is 0 Å². The molecule has 0 unspecified atom stereocenters. The molecule has 1 aromatic carbocycles. The predicted molar refractivity (Wildman–Crippen MR) is 107 cm³/mol. The molecule has 0 radical (unpaired) electrons. The molecule has 0 bridgehead atoms. The van der Waals surface area contributed by atoms with Crippen LogP contribution in [-0.4, -0.2) is 13.2 Å². The summed E-state index contributed by atoms with van der Waals surface area (Å²) in [7, 11) is 0. The van der Waals surface area contributed by atoms with Crippen LogP contribution in [0, 0.1) is 0 Å². The summed E-state index contributed by atoms with van der Waals surface area (Å²) in [5, 5.41) is 3.60. The van der Waals surface area contributed by atoms with Gasteiger partial charge in [0.1, 0.15) is 5.75 Å². The Morgan fingerprint density at radius 1 is 0.917 bits per heavy atom. The first-order valence-corrected chi connectivity index (χ1v) is 10.1. The third-order valence-corrected chi connectivity index (χ3v) is 4.77. The van der Waals surface area contributed by atoms with Gasteiger partial charge in [-0.05, 0) is 42.4 Å². The minimum absolute atomic E-state index is 0.221. The molecule has 0 amide bonds. The molecule has 0 heterocycles. The number of hydrogen-bond donors (Lipinski definition) is 1. The maximum atomic E-state index is 6.01. The molecule has 0 atom stereocenters. The summed E-state index contributed by atoms with van der Waals surface area (Å²) in [6, 6.07) is 6.75. The molecule has 0 aliphatic rings. The van der Waals surface area contributed by atoms with Crippen molar-refractivity contribution in [1.29, 1.82) is 0 Å². The van der Waals surface area contributed by atoms with Crippen LogP contribution in [0.1, 0.15) is 91.5 Å². The number of benzene rings is 1. The van der Waals surface area contributed by atoms with Gasteiger partial charge in [0.05, 0.1) is 12.3 Å². The highest BCUT2D eigenvalue weighted by atomic mass is 16.5. The quantitative estimate of drug-likeness (QED) is 0.395. The van der Waals surface area contributed by atoms with E-state index >= 15 is 0 Å². The standard InChI is InChI=1S/C22H39NO/c1-6-9-12-15-22(4,5)19-13-14-21(24-17-11-8-3)20(18-19)23-16-10-7-2/h13-14,18,23H,6-12,15-17H2,1-5H3.